The number of benzene rings is 2. The first-order valence-electron chi connectivity index (χ1n) is 9.64. The van der Waals surface area contributed by atoms with Crippen molar-refractivity contribution in [1.29, 1.82) is 0 Å². The molecule has 1 N–H and O–H groups in total. The number of rotatable bonds is 6. The quantitative estimate of drug-likeness (QED) is 0.381. The van der Waals surface area contributed by atoms with Crippen LogP contribution in [0.3, 0.4) is 0 Å². The number of aromatic nitrogens is 1. The smallest absolute Gasteiger partial charge is 0.250 e. The van der Waals surface area contributed by atoms with E-state index < -0.39 is 0 Å². The molecule has 4 aromatic rings. The van der Waals surface area contributed by atoms with Crippen LogP contribution < -0.4 is 14.8 Å². The molecule has 6 nitrogen and oxygen atoms in total. The van der Waals surface area contributed by atoms with Gasteiger partial charge in [0.15, 0.2) is 5.13 Å². The fourth-order valence-corrected chi connectivity index (χ4v) is 4.10. The predicted molar refractivity (Wildman–Crippen MR) is 124 cm³/mol. The monoisotopic (exact) mass is 434 g/mol. The lowest BCUT2D eigenvalue weighted by Crippen LogP contribution is -2.08. The van der Waals surface area contributed by atoms with Crippen LogP contribution in [0.5, 0.6) is 11.5 Å². The number of nitrogens with zero attached hydrogens (tertiary/aromatic N) is 1. The summed E-state index contributed by atoms with van der Waals surface area (Å²) in [5.74, 6) is 1.23. The van der Waals surface area contributed by atoms with E-state index in [2.05, 4.69) is 10.3 Å². The van der Waals surface area contributed by atoms with Gasteiger partial charge in [0.05, 0.1) is 20.5 Å². The number of carbonyl (C=O) groups excluding carboxylic acids is 1. The van der Waals surface area contributed by atoms with Gasteiger partial charge >= 0.3 is 0 Å². The number of ether oxygens (including phenoxy) is 2. The van der Waals surface area contributed by atoms with Gasteiger partial charge in [0, 0.05) is 39.7 Å². The van der Waals surface area contributed by atoms with Gasteiger partial charge in [0.1, 0.15) is 17.1 Å². The zero-order valence-corrected chi connectivity index (χ0v) is 18.5. The highest BCUT2D eigenvalue weighted by Gasteiger charge is 2.19. The highest BCUT2D eigenvalue weighted by atomic mass is 32.1. The molecule has 0 aliphatic rings. The number of anilines is 1. The van der Waals surface area contributed by atoms with Crippen molar-refractivity contribution in [2.24, 2.45) is 0 Å². The molecule has 4 rings (SSSR count). The second-order valence-corrected chi connectivity index (χ2v) is 7.89. The van der Waals surface area contributed by atoms with E-state index in [1.165, 1.54) is 11.3 Å². The maximum absolute atomic E-state index is 12.4. The van der Waals surface area contributed by atoms with Crippen molar-refractivity contribution >= 4 is 38.9 Å². The molecular weight excluding hydrogens is 412 g/mol. The van der Waals surface area contributed by atoms with E-state index in [4.69, 9.17) is 13.9 Å². The molecule has 2 aromatic carbocycles. The summed E-state index contributed by atoms with van der Waals surface area (Å²) >= 11 is 1.37. The summed E-state index contributed by atoms with van der Waals surface area (Å²) in [6, 6.07) is 9.82. The fraction of sp³-hybridized carbons (Fsp3) is 0.167. The van der Waals surface area contributed by atoms with Gasteiger partial charge < -0.3 is 13.9 Å². The van der Waals surface area contributed by atoms with Crippen LogP contribution in [-0.4, -0.2) is 25.1 Å². The van der Waals surface area contributed by atoms with Crippen LogP contribution in [0.4, 0.5) is 5.13 Å². The number of thiazole rings is 1. The summed E-state index contributed by atoms with van der Waals surface area (Å²) in [5.41, 5.74) is 5.22. The van der Waals surface area contributed by atoms with E-state index >= 15 is 0 Å². The lowest BCUT2D eigenvalue weighted by atomic mass is 9.96. The number of fused-ring (bicyclic) bond motifs is 1. The van der Waals surface area contributed by atoms with Gasteiger partial charge in [-0.05, 0) is 43.2 Å². The van der Waals surface area contributed by atoms with Crippen LogP contribution in [-0.2, 0) is 4.79 Å². The second-order valence-electron chi connectivity index (χ2n) is 6.99. The molecule has 0 aliphatic carbocycles. The van der Waals surface area contributed by atoms with E-state index in [0.717, 1.165) is 44.5 Å². The molecule has 158 valence electrons. The molecule has 0 atom stereocenters. The van der Waals surface area contributed by atoms with Crippen molar-refractivity contribution in [3.8, 4) is 22.6 Å². The van der Waals surface area contributed by atoms with Crippen molar-refractivity contribution < 1.29 is 18.7 Å². The average molecular weight is 435 g/mol. The van der Waals surface area contributed by atoms with Gasteiger partial charge in [-0.3, -0.25) is 10.1 Å². The van der Waals surface area contributed by atoms with Crippen molar-refractivity contribution in [3.05, 3.63) is 65.4 Å². The number of aryl methyl sites for hydroxylation is 1. The molecule has 2 heterocycles. The molecule has 7 heteroatoms. The summed E-state index contributed by atoms with van der Waals surface area (Å²) in [6.07, 6.45) is 4.95. The molecule has 2 aromatic heterocycles. The number of methoxy groups -OCH3 is 2. The van der Waals surface area contributed by atoms with E-state index in [1.807, 2.05) is 49.6 Å². The minimum Gasteiger partial charge on any atom is -0.497 e. The van der Waals surface area contributed by atoms with Gasteiger partial charge in [-0.25, -0.2) is 4.98 Å². The lowest BCUT2D eigenvalue weighted by molar-refractivity contribution is -0.111. The number of amides is 1. The molecule has 1 amide bonds. The van der Waals surface area contributed by atoms with Crippen LogP contribution in [0.15, 0.2) is 58.7 Å². The molecule has 0 radical (unpaired) electrons. The van der Waals surface area contributed by atoms with Crippen molar-refractivity contribution in [2.75, 3.05) is 19.5 Å². The SMILES string of the molecule is COc1ccc(-c2coc3c(C)c(OC)c(/C(C)=C/C(=O)Nc4nccs4)cc23)cc1. The second kappa shape index (κ2) is 8.65. The maximum atomic E-state index is 12.4. The van der Waals surface area contributed by atoms with E-state index in [1.54, 1.807) is 32.8 Å². The minimum absolute atomic E-state index is 0.241. The van der Waals surface area contributed by atoms with Crippen LogP contribution in [0.2, 0.25) is 0 Å². The first kappa shape index (κ1) is 20.7. The lowest BCUT2D eigenvalue weighted by Gasteiger charge is -2.13. The third kappa shape index (κ3) is 4.04. The molecule has 0 fully saturated rings. The van der Waals surface area contributed by atoms with Gasteiger partial charge in [-0.15, -0.1) is 11.3 Å². The summed E-state index contributed by atoms with van der Waals surface area (Å²) in [5, 5.41) is 6.10. The van der Waals surface area contributed by atoms with Crippen LogP contribution in [0.1, 0.15) is 18.1 Å². The van der Waals surface area contributed by atoms with Gasteiger partial charge in [0.25, 0.3) is 0 Å². The first-order chi connectivity index (χ1) is 15.0. The Balaban J connectivity index is 1.78. The molecule has 0 saturated heterocycles. The third-order valence-corrected chi connectivity index (χ3v) is 5.77. The highest BCUT2D eigenvalue weighted by Crippen LogP contribution is 2.40. The molecule has 0 spiro atoms. The molecule has 0 unspecified atom stereocenters. The topological polar surface area (TPSA) is 73.6 Å². The van der Waals surface area contributed by atoms with E-state index in [9.17, 15) is 4.79 Å². The average Bonchev–Trinajstić information content (AvgIpc) is 3.43. The molecule has 0 aliphatic heterocycles. The number of carbonyl (C=O) groups is 1. The normalized spacial score (nSPS) is 11.5. The Morgan fingerprint density at radius 2 is 1.97 bits per heavy atom. The molecule has 0 bridgehead atoms. The van der Waals surface area contributed by atoms with Crippen LogP contribution >= 0.6 is 11.3 Å². The van der Waals surface area contributed by atoms with Crippen LogP contribution in [0.25, 0.3) is 27.7 Å². The largest absolute Gasteiger partial charge is 0.497 e. The number of nitrogens with one attached hydrogen (secondary N) is 1. The predicted octanol–water partition coefficient (Wildman–Crippen LogP) is 5.92. The number of allylic oxidation sites excluding steroid dienone is 1. The summed E-state index contributed by atoms with van der Waals surface area (Å²) in [6.45, 7) is 3.84. The number of hydrogen-bond acceptors (Lipinski definition) is 6. The highest BCUT2D eigenvalue weighted by molar-refractivity contribution is 7.13. The number of hydrogen-bond donors (Lipinski definition) is 1. The molecular formula is C24H22N2O4S. The van der Waals surface area contributed by atoms with Gasteiger partial charge in [-0.2, -0.15) is 0 Å². The van der Waals surface area contributed by atoms with Crippen molar-refractivity contribution in [3.63, 3.8) is 0 Å². The van der Waals surface area contributed by atoms with Crippen molar-refractivity contribution in [2.45, 2.75) is 13.8 Å². The zero-order valence-electron chi connectivity index (χ0n) is 17.7. The van der Waals surface area contributed by atoms with E-state index in [-0.39, 0.29) is 5.91 Å². The maximum Gasteiger partial charge on any atom is 0.250 e. The number of furan rings is 1. The Bertz CT molecular complexity index is 1260. The Morgan fingerprint density at radius 1 is 1.19 bits per heavy atom. The van der Waals surface area contributed by atoms with Gasteiger partial charge in [-0.1, -0.05) is 12.1 Å². The summed E-state index contributed by atoms with van der Waals surface area (Å²) < 4.78 is 16.8. The van der Waals surface area contributed by atoms with Crippen LogP contribution in [0, 0.1) is 6.92 Å². The summed E-state index contributed by atoms with van der Waals surface area (Å²) in [4.78, 5) is 16.5. The molecule has 0 saturated carbocycles. The standard InChI is InChI=1S/C24H22N2O4S/c1-14(11-21(27)26-24-25-9-10-31-24)18-12-19-20(16-5-7-17(28-3)8-6-16)13-30-23(19)15(2)22(18)29-4/h5-13H,1-4H3,(H,25,26,27)/b14-11+. The fourth-order valence-electron chi connectivity index (χ4n) is 3.57. The zero-order chi connectivity index (χ0) is 22.0. The summed E-state index contributed by atoms with van der Waals surface area (Å²) in [7, 11) is 3.26. The van der Waals surface area contributed by atoms with E-state index in [0.29, 0.717) is 10.9 Å². The van der Waals surface area contributed by atoms with Crippen molar-refractivity contribution in [1.82, 2.24) is 4.98 Å². The Labute approximate surface area is 184 Å². The first-order valence-corrected chi connectivity index (χ1v) is 10.5. The van der Waals surface area contributed by atoms with Gasteiger partial charge in [0.2, 0.25) is 5.91 Å². The minimum atomic E-state index is -0.241. The Hall–Kier alpha value is -3.58. The Kier molecular flexibility index (Phi) is 5.77. The molecule has 31 heavy (non-hydrogen) atoms. The third-order valence-electron chi connectivity index (χ3n) is 5.08. The Morgan fingerprint density at radius 3 is 2.61 bits per heavy atom.